The maximum atomic E-state index is 6.06. The highest BCUT2D eigenvalue weighted by Crippen LogP contribution is 2.38. The van der Waals surface area contributed by atoms with Crippen molar-refractivity contribution in [2.45, 2.75) is 12.8 Å². The summed E-state index contributed by atoms with van der Waals surface area (Å²) in [7, 11) is 0. The molecule has 5 rings (SSSR count). The lowest BCUT2D eigenvalue weighted by Crippen LogP contribution is -2.31. The van der Waals surface area contributed by atoms with Gasteiger partial charge in [-0.15, -0.1) is 12.4 Å². The number of piperidine rings is 1. The van der Waals surface area contributed by atoms with Crippen LogP contribution in [0.4, 0.5) is 5.69 Å². The van der Waals surface area contributed by atoms with Crippen molar-refractivity contribution in [3.63, 3.8) is 0 Å². The summed E-state index contributed by atoms with van der Waals surface area (Å²) in [5.74, 6) is 0. The number of fused-ring (bicyclic) bond motifs is 2. The molecule has 2 aliphatic rings. The third kappa shape index (κ3) is 4.57. The molecule has 1 heterocycles. The number of nitrogen functional groups attached to an aromatic ring is 1. The molecule has 0 bridgehead atoms. The summed E-state index contributed by atoms with van der Waals surface area (Å²) in [6.45, 7) is 3.14. The monoisotopic (exact) mass is 440 g/mol. The largest absolute Gasteiger partial charge is 0.398 e. The number of halogens is 1. The summed E-state index contributed by atoms with van der Waals surface area (Å²) in [4.78, 5) is 2.53. The van der Waals surface area contributed by atoms with Crippen molar-refractivity contribution < 1.29 is 0 Å². The molecule has 3 aromatic rings. The molecular formula is C29H29ClN2. The van der Waals surface area contributed by atoms with Crippen molar-refractivity contribution in [2.24, 2.45) is 0 Å². The second kappa shape index (κ2) is 10.0. The summed E-state index contributed by atoms with van der Waals surface area (Å²) in [6.07, 6.45) is 11.1. The lowest BCUT2D eigenvalue weighted by Gasteiger charge is -2.29. The van der Waals surface area contributed by atoms with Crippen LogP contribution in [-0.2, 0) is 0 Å². The van der Waals surface area contributed by atoms with Crippen LogP contribution in [-0.4, -0.2) is 24.5 Å². The van der Waals surface area contributed by atoms with Crippen LogP contribution in [0.15, 0.2) is 84.4 Å². The number of hydrogen-bond donors (Lipinski definition) is 1. The third-order valence-electron chi connectivity index (χ3n) is 6.37. The first-order valence-corrected chi connectivity index (χ1v) is 11.1. The fraction of sp³-hybridized carbons (Fsp3) is 0.172. The fourth-order valence-electron chi connectivity index (χ4n) is 4.69. The van der Waals surface area contributed by atoms with Crippen molar-refractivity contribution in [2.75, 3.05) is 25.4 Å². The average molecular weight is 441 g/mol. The lowest BCUT2D eigenvalue weighted by atomic mass is 9.86. The molecule has 3 heteroatoms. The first-order chi connectivity index (χ1) is 15.3. The zero-order valence-corrected chi connectivity index (χ0v) is 19.0. The number of para-hydroxylation sites is 1. The zero-order chi connectivity index (χ0) is 21.0. The van der Waals surface area contributed by atoms with Gasteiger partial charge in [-0.2, -0.15) is 0 Å². The van der Waals surface area contributed by atoms with Crippen molar-refractivity contribution in [1.82, 2.24) is 4.90 Å². The van der Waals surface area contributed by atoms with Crippen LogP contribution in [0.25, 0.3) is 23.8 Å². The molecule has 0 amide bonds. The topological polar surface area (TPSA) is 29.3 Å². The van der Waals surface area contributed by atoms with E-state index in [9.17, 15) is 0 Å². The molecule has 0 saturated carbocycles. The van der Waals surface area contributed by atoms with E-state index in [1.165, 1.54) is 27.8 Å². The number of benzene rings is 3. The molecule has 2 nitrogen and oxygen atoms in total. The summed E-state index contributed by atoms with van der Waals surface area (Å²) in [6, 6.07) is 25.7. The number of anilines is 1. The second-order valence-electron chi connectivity index (χ2n) is 8.32. The Morgan fingerprint density at radius 1 is 0.750 bits per heavy atom. The third-order valence-corrected chi connectivity index (χ3v) is 6.37. The highest BCUT2D eigenvalue weighted by atomic mass is 35.5. The molecule has 0 radical (unpaired) electrons. The highest BCUT2D eigenvalue weighted by molar-refractivity contribution is 5.94. The molecule has 1 aliphatic heterocycles. The maximum absolute atomic E-state index is 6.06. The van der Waals surface area contributed by atoms with E-state index in [1.54, 1.807) is 5.57 Å². The molecule has 0 aromatic heterocycles. The molecule has 1 fully saturated rings. The van der Waals surface area contributed by atoms with E-state index >= 15 is 0 Å². The summed E-state index contributed by atoms with van der Waals surface area (Å²) in [5.41, 5.74) is 16.4. The van der Waals surface area contributed by atoms with E-state index in [-0.39, 0.29) is 12.4 Å². The van der Waals surface area contributed by atoms with Gasteiger partial charge in [0.1, 0.15) is 0 Å². The van der Waals surface area contributed by atoms with Gasteiger partial charge in [0.25, 0.3) is 0 Å². The Morgan fingerprint density at radius 3 is 1.94 bits per heavy atom. The van der Waals surface area contributed by atoms with Gasteiger partial charge in [0, 0.05) is 25.3 Å². The predicted molar refractivity (Wildman–Crippen MR) is 141 cm³/mol. The molecule has 2 N–H and O–H groups in total. The Hall–Kier alpha value is -3.07. The molecule has 3 aromatic carbocycles. The average Bonchev–Trinajstić information content (AvgIpc) is 2.98. The summed E-state index contributed by atoms with van der Waals surface area (Å²) in [5, 5.41) is 0. The number of nitrogens with two attached hydrogens (primary N) is 1. The van der Waals surface area contributed by atoms with Crippen molar-refractivity contribution in [3.8, 4) is 0 Å². The quantitative estimate of drug-likeness (QED) is 0.355. The van der Waals surface area contributed by atoms with E-state index in [2.05, 4.69) is 83.8 Å². The van der Waals surface area contributed by atoms with Crippen LogP contribution in [0.5, 0.6) is 0 Å². The van der Waals surface area contributed by atoms with Crippen LogP contribution >= 0.6 is 12.4 Å². The summed E-state index contributed by atoms with van der Waals surface area (Å²) < 4.78 is 0. The van der Waals surface area contributed by atoms with Gasteiger partial charge in [0.2, 0.25) is 0 Å². The molecule has 1 saturated heterocycles. The van der Waals surface area contributed by atoms with Crippen LogP contribution < -0.4 is 5.73 Å². The van der Waals surface area contributed by atoms with Gasteiger partial charge in [0.05, 0.1) is 0 Å². The van der Waals surface area contributed by atoms with Gasteiger partial charge < -0.3 is 5.73 Å². The van der Waals surface area contributed by atoms with Gasteiger partial charge in [0.15, 0.2) is 0 Å². The van der Waals surface area contributed by atoms with Crippen LogP contribution in [0.3, 0.4) is 0 Å². The van der Waals surface area contributed by atoms with Crippen LogP contribution in [0, 0.1) is 0 Å². The Labute approximate surface area is 197 Å². The molecule has 32 heavy (non-hydrogen) atoms. The van der Waals surface area contributed by atoms with E-state index in [0.29, 0.717) is 0 Å². The van der Waals surface area contributed by atoms with Crippen molar-refractivity contribution in [3.05, 3.63) is 112 Å². The number of hydrogen-bond acceptors (Lipinski definition) is 2. The minimum Gasteiger partial charge on any atom is -0.398 e. The van der Waals surface area contributed by atoms with Crippen LogP contribution in [0.2, 0.25) is 0 Å². The SMILES string of the molecule is Cl.Nc1ccccc1/C=C/CN1CCC(=C2c3ccccc3C=Cc3ccccc32)CC1. The second-order valence-corrected chi connectivity index (χ2v) is 8.32. The van der Waals surface area contributed by atoms with E-state index in [4.69, 9.17) is 5.73 Å². The first-order valence-electron chi connectivity index (χ1n) is 11.1. The fourth-order valence-corrected chi connectivity index (χ4v) is 4.69. The maximum Gasteiger partial charge on any atom is 0.0387 e. The number of nitrogens with zero attached hydrogens (tertiary/aromatic N) is 1. The molecule has 0 atom stereocenters. The van der Waals surface area contributed by atoms with Crippen molar-refractivity contribution >= 4 is 41.9 Å². The molecule has 1 aliphatic carbocycles. The lowest BCUT2D eigenvalue weighted by molar-refractivity contribution is 0.284. The van der Waals surface area contributed by atoms with Gasteiger partial charge in [-0.1, -0.05) is 96.6 Å². The highest BCUT2D eigenvalue weighted by Gasteiger charge is 2.21. The van der Waals surface area contributed by atoms with E-state index in [1.807, 2.05) is 18.2 Å². The first kappa shape index (κ1) is 22.1. The Morgan fingerprint density at radius 2 is 1.31 bits per heavy atom. The summed E-state index contributed by atoms with van der Waals surface area (Å²) >= 11 is 0. The van der Waals surface area contributed by atoms with Gasteiger partial charge in [-0.05, 0) is 52.3 Å². The zero-order valence-electron chi connectivity index (χ0n) is 18.2. The van der Waals surface area contributed by atoms with Crippen molar-refractivity contribution in [1.29, 1.82) is 0 Å². The Balaban J connectivity index is 0.00000245. The van der Waals surface area contributed by atoms with Gasteiger partial charge >= 0.3 is 0 Å². The minimum absolute atomic E-state index is 0. The minimum atomic E-state index is 0. The standard InChI is InChI=1S/C29H28N2.ClH/c30-28-14-6-3-10-24(28)11-7-19-31-20-17-25(18-21-31)29-26-12-4-1-8-22(26)15-16-23-9-2-5-13-27(23)29;/h1-16H,17-21,30H2;1H/b11-7+;. The normalized spacial score (nSPS) is 15.8. The van der Waals surface area contributed by atoms with Gasteiger partial charge in [-0.3, -0.25) is 4.90 Å². The Kier molecular flexibility index (Phi) is 6.94. The molecule has 0 unspecified atom stereocenters. The number of rotatable bonds is 3. The molecule has 162 valence electrons. The Bertz CT molecular complexity index is 1130. The van der Waals surface area contributed by atoms with Gasteiger partial charge in [-0.25, -0.2) is 0 Å². The van der Waals surface area contributed by atoms with E-state index < -0.39 is 0 Å². The number of likely N-dealkylation sites (tertiary alicyclic amines) is 1. The smallest absolute Gasteiger partial charge is 0.0387 e. The van der Waals surface area contributed by atoms with Crippen LogP contribution in [0.1, 0.15) is 40.7 Å². The predicted octanol–water partition coefficient (Wildman–Crippen LogP) is 6.79. The van der Waals surface area contributed by atoms with E-state index in [0.717, 1.165) is 43.7 Å². The molecule has 0 spiro atoms. The molecular weight excluding hydrogens is 412 g/mol.